The molecular weight excluding hydrogens is 248 g/mol. The van der Waals surface area contributed by atoms with E-state index in [4.69, 9.17) is 4.74 Å². The van der Waals surface area contributed by atoms with Crippen molar-refractivity contribution in [1.82, 2.24) is 10.3 Å². The summed E-state index contributed by atoms with van der Waals surface area (Å²) in [5.74, 6) is 0.859. The van der Waals surface area contributed by atoms with E-state index in [0.29, 0.717) is 6.61 Å². The molecule has 0 radical (unpaired) electrons. The fourth-order valence-corrected chi connectivity index (χ4v) is 2.19. The lowest BCUT2D eigenvalue weighted by molar-refractivity contribution is 0.301. The summed E-state index contributed by atoms with van der Waals surface area (Å²) in [6, 6.07) is 13.1. The summed E-state index contributed by atoms with van der Waals surface area (Å²) < 4.78 is 5.90. The number of aryl methyl sites for hydroxylation is 1. The molecule has 2 aromatic rings. The second kappa shape index (κ2) is 6.06. The lowest BCUT2D eigenvalue weighted by Crippen LogP contribution is -2.17. The molecule has 0 atom stereocenters. The third-order valence-corrected chi connectivity index (χ3v) is 3.62. The molecule has 3 nitrogen and oxygen atoms in total. The maximum Gasteiger partial charge on any atom is 0.141 e. The predicted molar refractivity (Wildman–Crippen MR) is 79.6 cm³/mol. The zero-order chi connectivity index (χ0) is 13.8. The number of hydrogen-bond donors (Lipinski definition) is 1. The summed E-state index contributed by atoms with van der Waals surface area (Å²) in [6.45, 7) is 3.49. The van der Waals surface area contributed by atoms with Gasteiger partial charge in [-0.3, -0.25) is 4.98 Å². The van der Waals surface area contributed by atoms with E-state index < -0.39 is 0 Å². The normalized spacial score (nSPS) is 14.2. The Labute approximate surface area is 120 Å². The van der Waals surface area contributed by atoms with Crippen LogP contribution in [0.3, 0.4) is 0 Å². The third-order valence-electron chi connectivity index (χ3n) is 3.62. The first-order valence-corrected chi connectivity index (χ1v) is 7.17. The third kappa shape index (κ3) is 3.36. The van der Waals surface area contributed by atoms with Gasteiger partial charge in [0, 0.05) is 18.8 Å². The second-order valence-electron chi connectivity index (χ2n) is 5.30. The molecule has 0 unspecified atom stereocenters. The minimum Gasteiger partial charge on any atom is -0.487 e. The molecule has 3 rings (SSSR count). The summed E-state index contributed by atoms with van der Waals surface area (Å²) in [5, 5.41) is 3.55. The van der Waals surface area contributed by atoms with Crippen molar-refractivity contribution in [2.24, 2.45) is 0 Å². The molecule has 1 heterocycles. The number of rotatable bonds is 6. The summed E-state index contributed by atoms with van der Waals surface area (Å²) >= 11 is 0. The zero-order valence-corrected chi connectivity index (χ0v) is 11.8. The number of nitrogens with zero attached hydrogens (tertiary/aromatic N) is 1. The highest BCUT2D eigenvalue weighted by atomic mass is 16.5. The molecule has 1 aromatic heterocycles. The number of aromatic nitrogens is 1. The molecule has 1 N–H and O–H groups in total. The van der Waals surface area contributed by atoms with Crippen LogP contribution in [0.15, 0.2) is 42.6 Å². The highest BCUT2D eigenvalue weighted by Gasteiger charge is 2.20. The smallest absolute Gasteiger partial charge is 0.141 e. The van der Waals surface area contributed by atoms with Crippen LogP contribution in [-0.4, -0.2) is 11.0 Å². The minimum absolute atomic E-state index is 0.592. The Morgan fingerprint density at radius 2 is 1.95 bits per heavy atom. The van der Waals surface area contributed by atoms with Gasteiger partial charge in [0.25, 0.3) is 0 Å². The average molecular weight is 268 g/mol. The van der Waals surface area contributed by atoms with Gasteiger partial charge in [-0.1, -0.05) is 24.3 Å². The van der Waals surface area contributed by atoms with Gasteiger partial charge in [-0.2, -0.15) is 0 Å². The van der Waals surface area contributed by atoms with Gasteiger partial charge < -0.3 is 10.1 Å². The van der Waals surface area contributed by atoms with Gasteiger partial charge in [0.15, 0.2) is 0 Å². The first kappa shape index (κ1) is 13.1. The quantitative estimate of drug-likeness (QED) is 0.873. The summed E-state index contributed by atoms with van der Waals surface area (Å²) in [6.07, 6.45) is 4.41. The van der Waals surface area contributed by atoms with E-state index in [-0.39, 0.29) is 0 Å². The largest absolute Gasteiger partial charge is 0.487 e. The Hall–Kier alpha value is -1.87. The maximum absolute atomic E-state index is 5.90. The van der Waals surface area contributed by atoms with Crippen molar-refractivity contribution in [3.05, 3.63) is 59.4 Å². The lowest BCUT2D eigenvalue weighted by Gasteiger charge is -2.12. The number of pyridine rings is 1. The van der Waals surface area contributed by atoms with Crippen molar-refractivity contribution in [2.45, 2.75) is 39.0 Å². The molecule has 0 saturated heterocycles. The Balaban J connectivity index is 1.65. The van der Waals surface area contributed by atoms with Crippen LogP contribution in [0.2, 0.25) is 0 Å². The highest BCUT2D eigenvalue weighted by Crippen LogP contribution is 2.21. The zero-order valence-electron chi connectivity index (χ0n) is 11.8. The van der Waals surface area contributed by atoms with E-state index in [1.54, 1.807) is 6.20 Å². The molecule has 1 aliphatic carbocycles. The topological polar surface area (TPSA) is 34.1 Å². The van der Waals surface area contributed by atoms with E-state index in [2.05, 4.69) is 34.6 Å². The van der Waals surface area contributed by atoms with Gasteiger partial charge in [-0.25, -0.2) is 0 Å². The maximum atomic E-state index is 5.90. The van der Waals surface area contributed by atoms with Crippen molar-refractivity contribution in [1.29, 1.82) is 0 Å². The Morgan fingerprint density at radius 3 is 2.70 bits per heavy atom. The van der Waals surface area contributed by atoms with Gasteiger partial charge in [0.05, 0.1) is 5.69 Å². The molecule has 0 aliphatic heterocycles. The van der Waals surface area contributed by atoms with E-state index in [9.17, 15) is 0 Å². The molecular formula is C17H20N2O. The number of ether oxygens (including phenoxy) is 1. The number of hydrogen-bond acceptors (Lipinski definition) is 3. The first-order valence-electron chi connectivity index (χ1n) is 7.17. The van der Waals surface area contributed by atoms with Crippen LogP contribution < -0.4 is 10.1 Å². The van der Waals surface area contributed by atoms with Crippen LogP contribution >= 0.6 is 0 Å². The van der Waals surface area contributed by atoms with Gasteiger partial charge >= 0.3 is 0 Å². The second-order valence-corrected chi connectivity index (χ2v) is 5.30. The van der Waals surface area contributed by atoms with Crippen LogP contribution in [0.1, 0.15) is 29.7 Å². The van der Waals surface area contributed by atoms with Crippen LogP contribution in [0.4, 0.5) is 0 Å². The van der Waals surface area contributed by atoms with Gasteiger partial charge in [-0.05, 0) is 43.0 Å². The Kier molecular flexibility index (Phi) is 3.97. The summed E-state index contributed by atoms with van der Waals surface area (Å²) in [5.41, 5.74) is 3.49. The molecule has 1 fully saturated rings. The van der Waals surface area contributed by atoms with Crippen molar-refractivity contribution < 1.29 is 4.74 Å². The van der Waals surface area contributed by atoms with Crippen molar-refractivity contribution >= 4 is 0 Å². The monoisotopic (exact) mass is 268 g/mol. The van der Waals surface area contributed by atoms with Gasteiger partial charge in [0.1, 0.15) is 12.4 Å². The first-order chi connectivity index (χ1) is 9.83. The van der Waals surface area contributed by atoms with E-state index in [0.717, 1.165) is 24.0 Å². The molecule has 1 aliphatic rings. The molecule has 0 amide bonds. The van der Waals surface area contributed by atoms with Crippen LogP contribution in [0.5, 0.6) is 5.75 Å². The number of nitrogens with one attached hydrogen (secondary N) is 1. The van der Waals surface area contributed by atoms with Gasteiger partial charge in [0.2, 0.25) is 0 Å². The highest BCUT2D eigenvalue weighted by molar-refractivity contribution is 5.29. The van der Waals surface area contributed by atoms with Crippen LogP contribution in [0, 0.1) is 6.92 Å². The van der Waals surface area contributed by atoms with Gasteiger partial charge in [-0.15, -0.1) is 0 Å². The molecule has 1 aromatic carbocycles. The van der Waals surface area contributed by atoms with E-state index >= 15 is 0 Å². The average Bonchev–Trinajstić information content (AvgIpc) is 3.29. The van der Waals surface area contributed by atoms with E-state index in [1.165, 1.54) is 24.0 Å². The number of benzene rings is 1. The van der Waals surface area contributed by atoms with Crippen molar-refractivity contribution in [3.63, 3.8) is 0 Å². The van der Waals surface area contributed by atoms with Crippen LogP contribution in [0.25, 0.3) is 0 Å². The fourth-order valence-electron chi connectivity index (χ4n) is 2.19. The van der Waals surface area contributed by atoms with Crippen LogP contribution in [-0.2, 0) is 13.2 Å². The standard InChI is InChI=1S/C17H20N2O/c1-13-17(7-4-10-18-13)20-12-15-6-3-2-5-14(15)11-19-16-8-9-16/h2-7,10,16,19H,8-9,11-12H2,1H3. The van der Waals surface area contributed by atoms with E-state index in [1.807, 2.05) is 19.1 Å². The lowest BCUT2D eigenvalue weighted by atomic mass is 10.1. The van der Waals surface area contributed by atoms with Crippen molar-refractivity contribution in [3.8, 4) is 5.75 Å². The molecule has 0 bridgehead atoms. The molecule has 20 heavy (non-hydrogen) atoms. The van der Waals surface area contributed by atoms with Crippen molar-refractivity contribution in [2.75, 3.05) is 0 Å². The fraction of sp³-hybridized carbons (Fsp3) is 0.353. The minimum atomic E-state index is 0.592. The summed E-state index contributed by atoms with van der Waals surface area (Å²) in [4.78, 5) is 4.24. The molecule has 3 heteroatoms. The predicted octanol–water partition coefficient (Wildman–Crippen LogP) is 3.22. The molecule has 0 spiro atoms. The summed E-state index contributed by atoms with van der Waals surface area (Å²) in [7, 11) is 0. The Morgan fingerprint density at radius 1 is 1.15 bits per heavy atom. The SMILES string of the molecule is Cc1ncccc1OCc1ccccc1CNC1CC1. The molecule has 1 saturated carbocycles. The molecule has 104 valence electrons. The Bertz CT molecular complexity index is 579.